The van der Waals surface area contributed by atoms with Crippen molar-refractivity contribution >= 4 is 29.1 Å². The minimum Gasteiger partial charge on any atom is -0.453 e. The van der Waals surface area contributed by atoms with Crippen LogP contribution in [-0.4, -0.2) is 24.0 Å². The van der Waals surface area contributed by atoms with Gasteiger partial charge in [-0.3, -0.25) is 20.2 Å². The summed E-state index contributed by atoms with van der Waals surface area (Å²) in [7, 11) is 1.13. The number of carbonyl (C=O) groups excluding carboxylic acids is 2. The third kappa shape index (κ3) is 4.08. The number of hydrogen-bond acceptors (Lipinski definition) is 5. The second-order valence-electron chi connectivity index (χ2n) is 4.97. The number of halogens is 1. The van der Waals surface area contributed by atoms with Crippen molar-refractivity contribution in [3.05, 3.63) is 63.5 Å². The Balaban J connectivity index is 2.27. The van der Waals surface area contributed by atoms with Gasteiger partial charge in [-0.2, -0.15) is 0 Å². The zero-order valence-electron chi connectivity index (χ0n) is 13.3. The fourth-order valence-electron chi connectivity index (χ4n) is 2.13. The van der Waals surface area contributed by atoms with E-state index in [1.54, 1.807) is 0 Å². The summed E-state index contributed by atoms with van der Waals surface area (Å²) in [5.41, 5.74) is 0.157. The van der Waals surface area contributed by atoms with E-state index in [1.165, 1.54) is 37.3 Å². The molecule has 0 heterocycles. The third-order valence-corrected chi connectivity index (χ3v) is 3.39. The first-order chi connectivity index (χ1) is 11.8. The van der Waals surface area contributed by atoms with Crippen LogP contribution in [0.5, 0.6) is 0 Å². The number of rotatable bonds is 4. The number of nitrogens with one attached hydrogen (secondary N) is 2. The summed E-state index contributed by atoms with van der Waals surface area (Å²) in [6, 6.07) is 7.69. The molecule has 0 bridgehead atoms. The standard InChI is InChI=1S/C16H14FN3O5/c1-9-11(4-3-5-14(9)20(23)24)15(21)18-10-6-7-12(17)13(8-10)19-16(22)25-2/h3-8H,1-2H3,(H,18,21)(H,19,22). The SMILES string of the molecule is COC(=O)Nc1cc(NC(=O)c2cccc([N+](=O)[O-])c2C)ccc1F. The Labute approximate surface area is 141 Å². The van der Waals surface area contributed by atoms with Gasteiger partial charge in [0.25, 0.3) is 11.6 Å². The molecule has 25 heavy (non-hydrogen) atoms. The molecule has 2 N–H and O–H groups in total. The number of benzene rings is 2. The van der Waals surface area contributed by atoms with E-state index in [2.05, 4.69) is 15.4 Å². The zero-order valence-corrected chi connectivity index (χ0v) is 13.3. The largest absolute Gasteiger partial charge is 0.453 e. The average molecular weight is 347 g/mol. The topological polar surface area (TPSA) is 111 Å². The number of ether oxygens (including phenoxy) is 1. The van der Waals surface area contributed by atoms with Crippen molar-refractivity contribution in [1.29, 1.82) is 0 Å². The Morgan fingerprint density at radius 3 is 2.56 bits per heavy atom. The van der Waals surface area contributed by atoms with Crippen molar-refractivity contribution in [3.8, 4) is 0 Å². The van der Waals surface area contributed by atoms with Crippen molar-refractivity contribution in [1.82, 2.24) is 0 Å². The highest BCUT2D eigenvalue weighted by atomic mass is 19.1. The monoisotopic (exact) mass is 347 g/mol. The normalized spacial score (nSPS) is 10.0. The van der Waals surface area contributed by atoms with Crippen LogP contribution in [0.25, 0.3) is 0 Å². The van der Waals surface area contributed by atoms with Gasteiger partial charge in [0.15, 0.2) is 0 Å². The number of nitro benzene ring substituents is 1. The van der Waals surface area contributed by atoms with Gasteiger partial charge in [0.05, 0.1) is 17.7 Å². The molecule has 2 aromatic rings. The van der Waals surface area contributed by atoms with Gasteiger partial charge < -0.3 is 10.1 Å². The molecule has 130 valence electrons. The van der Waals surface area contributed by atoms with Gasteiger partial charge in [-0.1, -0.05) is 6.07 Å². The van der Waals surface area contributed by atoms with Gasteiger partial charge in [-0.25, -0.2) is 9.18 Å². The molecule has 0 spiro atoms. The number of hydrogen-bond donors (Lipinski definition) is 2. The van der Waals surface area contributed by atoms with Crippen LogP contribution in [0, 0.1) is 22.9 Å². The second kappa shape index (κ2) is 7.39. The molecule has 8 nitrogen and oxygen atoms in total. The highest BCUT2D eigenvalue weighted by Gasteiger charge is 2.18. The lowest BCUT2D eigenvalue weighted by atomic mass is 10.1. The summed E-state index contributed by atoms with van der Waals surface area (Å²) in [4.78, 5) is 33.9. The van der Waals surface area contributed by atoms with E-state index in [-0.39, 0.29) is 28.2 Å². The molecule has 2 rings (SSSR count). The summed E-state index contributed by atoms with van der Waals surface area (Å²) >= 11 is 0. The maximum atomic E-state index is 13.7. The first-order valence-corrected chi connectivity index (χ1v) is 7.03. The van der Waals surface area contributed by atoms with Gasteiger partial charge in [0.1, 0.15) is 5.82 Å². The molecular weight excluding hydrogens is 333 g/mol. The Kier molecular flexibility index (Phi) is 5.28. The molecule has 0 aliphatic heterocycles. The summed E-state index contributed by atoms with van der Waals surface area (Å²) < 4.78 is 18.1. The predicted molar refractivity (Wildman–Crippen MR) is 88.2 cm³/mol. The Morgan fingerprint density at radius 1 is 1.20 bits per heavy atom. The first kappa shape index (κ1) is 17.9. The number of methoxy groups -OCH3 is 1. The maximum Gasteiger partial charge on any atom is 0.411 e. The lowest BCUT2D eigenvalue weighted by Gasteiger charge is -2.10. The molecule has 0 saturated carbocycles. The van der Waals surface area contributed by atoms with E-state index in [0.717, 1.165) is 13.2 Å². The van der Waals surface area contributed by atoms with E-state index >= 15 is 0 Å². The molecule has 0 aliphatic rings. The van der Waals surface area contributed by atoms with E-state index in [1.807, 2.05) is 0 Å². The smallest absolute Gasteiger partial charge is 0.411 e. The van der Waals surface area contributed by atoms with Crippen LogP contribution >= 0.6 is 0 Å². The van der Waals surface area contributed by atoms with Crippen molar-refractivity contribution in [2.45, 2.75) is 6.92 Å². The van der Waals surface area contributed by atoms with Crippen LogP contribution in [0.4, 0.5) is 26.2 Å². The molecule has 9 heteroatoms. The Bertz CT molecular complexity index is 854. The maximum absolute atomic E-state index is 13.7. The Hall–Kier alpha value is -3.49. The summed E-state index contributed by atoms with van der Waals surface area (Å²) in [5.74, 6) is -1.31. The fraction of sp³-hybridized carbons (Fsp3) is 0.125. The molecule has 0 fully saturated rings. The highest BCUT2D eigenvalue weighted by Crippen LogP contribution is 2.24. The summed E-state index contributed by atoms with van der Waals surface area (Å²) in [5, 5.41) is 15.6. The van der Waals surface area contributed by atoms with Crippen LogP contribution in [-0.2, 0) is 4.74 Å². The molecule has 0 saturated heterocycles. The average Bonchev–Trinajstić information content (AvgIpc) is 2.57. The fourth-order valence-corrected chi connectivity index (χ4v) is 2.13. The van der Waals surface area contributed by atoms with Gasteiger partial charge >= 0.3 is 6.09 Å². The van der Waals surface area contributed by atoms with E-state index in [4.69, 9.17) is 0 Å². The number of nitrogens with zero attached hydrogens (tertiary/aromatic N) is 1. The minimum absolute atomic E-state index is 0.112. The van der Waals surface area contributed by atoms with Crippen molar-refractivity contribution in [2.24, 2.45) is 0 Å². The van der Waals surface area contributed by atoms with Gasteiger partial charge in [0.2, 0.25) is 0 Å². The van der Waals surface area contributed by atoms with Crippen LogP contribution in [0.2, 0.25) is 0 Å². The Morgan fingerprint density at radius 2 is 1.92 bits per heavy atom. The molecule has 0 aromatic heterocycles. The number of carbonyl (C=O) groups is 2. The lowest BCUT2D eigenvalue weighted by molar-refractivity contribution is -0.385. The molecular formula is C16H14FN3O5. The molecule has 2 aromatic carbocycles. The zero-order chi connectivity index (χ0) is 18.6. The van der Waals surface area contributed by atoms with Crippen LogP contribution in [0.15, 0.2) is 36.4 Å². The lowest BCUT2D eigenvalue weighted by Crippen LogP contribution is -2.15. The number of anilines is 2. The van der Waals surface area contributed by atoms with Crippen LogP contribution in [0.1, 0.15) is 15.9 Å². The number of nitro groups is 1. The molecule has 0 unspecified atom stereocenters. The number of amides is 2. The second-order valence-corrected chi connectivity index (χ2v) is 4.97. The van der Waals surface area contributed by atoms with Gasteiger partial charge in [-0.15, -0.1) is 0 Å². The summed E-state index contributed by atoms with van der Waals surface area (Å²) in [6.07, 6.45) is -0.864. The molecule has 0 atom stereocenters. The predicted octanol–water partition coefficient (Wildman–Crippen LogP) is 3.47. The quantitative estimate of drug-likeness (QED) is 0.650. The first-order valence-electron chi connectivity index (χ1n) is 7.03. The van der Waals surface area contributed by atoms with Gasteiger partial charge in [-0.05, 0) is 31.2 Å². The molecule has 0 radical (unpaired) electrons. The van der Waals surface area contributed by atoms with Gasteiger partial charge in [0, 0.05) is 22.9 Å². The van der Waals surface area contributed by atoms with E-state index in [0.29, 0.717) is 0 Å². The molecule has 0 aliphatic carbocycles. The third-order valence-electron chi connectivity index (χ3n) is 3.39. The summed E-state index contributed by atoms with van der Waals surface area (Å²) in [6.45, 7) is 1.46. The highest BCUT2D eigenvalue weighted by molar-refractivity contribution is 6.06. The van der Waals surface area contributed by atoms with E-state index in [9.17, 15) is 24.1 Å². The van der Waals surface area contributed by atoms with E-state index < -0.39 is 22.7 Å². The van der Waals surface area contributed by atoms with Crippen LogP contribution in [0.3, 0.4) is 0 Å². The van der Waals surface area contributed by atoms with Crippen molar-refractivity contribution < 1.29 is 23.6 Å². The van der Waals surface area contributed by atoms with Crippen molar-refractivity contribution in [2.75, 3.05) is 17.7 Å². The van der Waals surface area contributed by atoms with Crippen LogP contribution < -0.4 is 10.6 Å². The van der Waals surface area contributed by atoms with Crippen molar-refractivity contribution in [3.63, 3.8) is 0 Å². The minimum atomic E-state index is -0.864. The molecule has 2 amide bonds.